The Labute approximate surface area is 77.7 Å². The Morgan fingerprint density at radius 1 is 0.846 bits per heavy atom. The summed E-state index contributed by atoms with van der Waals surface area (Å²) in [4.78, 5) is 13.2. The SMILES string of the molecule is CCO[Si](OOC)(OOC)OOC. The summed E-state index contributed by atoms with van der Waals surface area (Å²) < 4.78 is 19.1. The summed E-state index contributed by atoms with van der Waals surface area (Å²) in [6.07, 6.45) is 0. The molecule has 0 unspecified atom stereocenters. The van der Waals surface area contributed by atoms with Crippen molar-refractivity contribution in [3.63, 3.8) is 0 Å². The second-order valence-corrected chi connectivity index (χ2v) is 3.47. The Morgan fingerprint density at radius 2 is 1.23 bits per heavy atom. The highest BCUT2D eigenvalue weighted by atomic mass is 28.4. The van der Waals surface area contributed by atoms with E-state index in [9.17, 15) is 0 Å². The van der Waals surface area contributed by atoms with Crippen molar-refractivity contribution < 1.29 is 32.8 Å². The normalized spacial score (nSPS) is 12.0. The van der Waals surface area contributed by atoms with Crippen LogP contribution < -0.4 is 0 Å². The van der Waals surface area contributed by atoms with Crippen LogP contribution in [0.5, 0.6) is 0 Å². The van der Waals surface area contributed by atoms with Crippen molar-refractivity contribution in [2.75, 3.05) is 27.9 Å². The zero-order chi connectivity index (χ0) is 10.2. The summed E-state index contributed by atoms with van der Waals surface area (Å²) in [5.74, 6) is 0. The van der Waals surface area contributed by atoms with Crippen molar-refractivity contribution in [3.05, 3.63) is 0 Å². The summed E-state index contributed by atoms with van der Waals surface area (Å²) in [7, 11) is 0.409. The molecule has 8 heteroatoms. The summed E-state index contributed by atoms with van der Waals surface area (Å²) in [5, 5.41) is 0. The van der Waals surface area contributed by atoms with E-state index in [2.05, 4.69) is 28.4 Å². The number of hydrogen-bond acceptors (Lipinski definition) is 7. The van der Waals surface area contributed by atoms with Gasteiger partial charge in [-0.15, -0.1) is 0 Å². The first-order valence-corrected chi connectivity index (χ1v) is 5.17. The van der Waals surface area contributed by atoms with Crippen molar-refractivity contribution in [1.29, 1.82) is 0 Å². The fourth-order valence-electron chi connectivity index (χ4n) is 0.597. The maximum absolute atomic E-state index is 5.05. The van der Waals surface area contributed by atoms with Gasteiger partial charge >= 0.3 is 9.05 Å². The molecule has 0 aromatic carbocycles. The molecule has 0 bridgehead atoms. The van der Waals surface area contributed by atoms with E-state index in [-0.39, 0.29) is 0 Å². The summed E-state index contributed by atoms with van der Waals surface area (Å²) in [6.45, 7) is 2.04. The third kappa shape index (κ3) is 4.64. The van der Waals surface area contributed by atoms with Crippen molar-refractivity contribution in [2.45, 2.75) is 6.92 Å². The Balaban J connectivity index is 4.19. The molecule has 80 valence electrons. The molecule has 0 saturated heterocycles. The van der Waals surface area contributed by atoms with Gasteiger partial charge in [0.1, 0.15) is 0 Å². The highest BCUT2D eigenvalue weighted by Gasteiger charge is 2.51. The molecular weight excluding hydrogens is 200 g/mol. The van der Waals surface area contributed by atoms with Gasteiger partial charge in [0.25, 0.3) is 0 Å². The highest BCUT2D eigenvalue weighted by molar-refractivity contribution is 6.52. The maximum atomic E-state index is 5.05. The van der Waals surface area contributed by atoms with E-state index in [1.807, 2.05) is 0 Å². The van der Waals surface area contributed by atoms with Crippen molar-refractivity contribution in [3.8, 4) is 0 Å². The molecule has 0 heterocycles. The van der Waals surface area contributed by atoms with E-state index < -0.39 is 9.05 Å². The molecule has 0 aliphatic rings. The first kappa shape index (κ1) is 12.9. The van der Waals surface area contributed by atoms with Crippen molar-refractivity contribution >= 4 is 9.05 Å². The Hall–Kier alpha value is -0.0631. The molecule has 0 amide bonds. The van der Waals surface area contributed by atoms with Gasteiger partial charge in [-0.1, -0.05) is 0 Å². The van der Waals surface area contributed by atoms with Gasteiger partial charge in [-0.25, -0.2) is 14.7 Å². The van der Waals surface area contributed by atoms with Crippen LogP contribution in [0.2, 0.25) is 0 Å². The fraction of sp³-hybridized carbons (Fsp3) is 1.00. The minimum Gasteiger partial charge on any atom is -0.348 e. The van der Waals surface area contributed by atoms with Gasteiger partial charge in [-0.3, -0.25) is 0 Å². The van der Waals surface area contributed by atoms with Crippen molar-refractivity contribution in [2.24, 2.45) is 0 Å². The Morgan fingerprint density at radius 3 is 1.46 bits per heavy atom. The van der Waals surface area contributed by atoms with E-state index >= 15 is 0 Å². The Bertz CT molecular complexity index is 91.9. The lowest BCUT2D eigenvalue weighted by molar-refractivity contribution is -0.370. The lowest BCUT2D eigenvalue weighted by Crippen LogP contribution is -2.48. The molecule has 0 spiro atoms. The number of rotatable bonds is 8. The molecule has 0 aromatic heterocycles. The molecule has 0 N–H and O–H groups in total. The molecule has 0 rings (SSSR count). The fourth-order valence-corrected chi connectivity index (χ4v) is 1.79. The van der Waals surface area contributed by atoms with Crippen LogP contribution in [0.4, 0.5) is 0 Å². The monoisotopic (exact) mass is 214 g/mol. The van der Waals surface area contributed by atoms with Crippen LogP contribution in [0.3, 0.4) is 0 Å². The summed E-state index contributed by atoms with van der Waals surface area (Å²) in [5.41, 5.74) is 0. The molecule has 0 aliphatic carbocycles. The molecule has 0 radical (unpaired) electrons. The predicted molar refractivity (Wildman–Crippen MR) is 41.7 cm³/mol. The molecule has 0 atom stereocenters. The van der Waals surface area contributed by atoms with Gasteiger partial charge in [-0.05, 0) is 6.92 Å². The van der Waals surface area contributed by atoms with Gasteiger partial charge in [0.15, 0.2) is 0 Å². The van der Waals surface area contributed by atoms with Crippen molar-refractivity contribution in [1.82, 2.24) is 0 Å². The van der Waals surface area contributed by atoms with E-state index in [4.69, 9.17) is 4.43 Å². The van der Waals surface area contributed by atoms with Crippen LogP contribution in [-0.4, -0.2) is 37.0 Å². The average Bonchev–Trinajstić information content (AvgIpc) is 2.06. The van der Waals surface area contributed by atoms with Crippen LogP contribution in [-0.2, 0) is 32.8 Å². The summed E-state index contributed by atoms with van der Waals surface area (Å²) in [6, 6.07) is 0. The van der Waals surface area contributed by atoms with Crippen LogP contribution in [0.1, 0.15) is 6.92 Å². The zero-order valence-electron chi connectivity index (χ0n) is 8.06. The van der Waals surface area contributed by atoms with Gasteiger partial charge < -0.3 is 4.43 Å². The molecule has 0 saturated carbocycles. The quantitative estimate of drug-likeness (QED) is 0.324. The molecule has 7 nitrogen and oxygen atoms in total. The van der Waals surface area contributed by atoms with Crippen LogP contribution >= 0.6 is 0 Å². The molecular formula is C5H14O7Si. The molecule has 13 heavy (non-hydrogen) atoms. The van der Waals surface area contributed by atoms with E-state index in [0.717, 1.165) is 0 Å². The van der Waals surface area contributed by atoms with Gasteiger partial charge in [0.05, 0.1) is 21.3 Å². The topological polar surface area (TPSA) is 64.6 Å². The third-order valence-electron chi connectivity index (χ3n) is 0.877. The van der Waals surface area contributed by atoms with E-state index in [0.29, 0.717) is 6.61 Å². The second-order valence-electron chi connectivity index (χ2n) is 1.68. The van der Waals surface area contributed by atoms with Gasteiger partial charge in [0, 0.05) is 6.61 Å². The van der Waals surface area contributed by atoms with Gasteiger partial charge in [0.2, 0.25) is 0 Å². The van der Waals surface area contributed by atoms with Crippen LogP contribution in [0.15, 0.2) is 0 Å². The second kappa shape index (κ2) is 7.35. The average molecular weight is 214 g/mol. The highest BCUT2D eigenvalue weighted by Crippen LogP contribution is 2.11. The molecule has 0 aliphatic heterocycles. The first-order valence-electron chi connectivity index (χ1n) is 3.54. The maximum Gasteiger partial charge on any atom is 0.764 e. The van der Waals surface area contributed by atoms with E-state index in [1.165, 1.54) is 21.3 Å². The lowest BCUT2D eigenvalue weighted by atomic mass is 10.9. The largest absolute Gasteiger partial charge is 0.764 e. The lowest BCUT2D eigenvalue weighted by Gasteiger charge is -2.21. The predicted octanol–water partition coefficient (Wildman–Crippen LogP) is 0.192. The molecule has 0 aromatic rings. The van der Waals surface area contributed by atoms with Crippen LogP contribution in [0.25, 0.3) is 0 Å². The molecule has 0 fully saturated rings. The standard InChI is InChI=1S/C5H14O7Si/c1-5-9-13(10-6-2,11-7-3)12-8-4/h5H2,1-4H3. The van der Waals surface area contributed by atoms with E-state index in [1.54, 1.807) is 6.92 Å². The minimum atomic E-state index is -3.46. The Kier molecular flexibility index (Phi) is 7.32. The minimum absolute atomic E-state index is 0.308. The smallest absolute Gasteiger partial charge is 0.348 e. The van der Waals surface area contributed by atoms with Crippen LogP contribution in [0, 0.1) is 0 Å². The zero-order valence-corrected chi connectivity index (χ0v) is 9.06. The summed E-state index contributed by atoms with van der Waals surface area (Å²) >= 11 is 0. The number of hydrogen-bond donors (Lipinski definition) is 0. The third-order valence-corrected chi connectivity index (χ3v) is 2.63. The van der Waals surface area contributed by atoms with Gasteiger partial charge in [-0.2, -0.15) is 13.7 Å². The first-order chi connectivity index (χ1) is 6.24.